The normalized spacial score (nSPS) is 23.6. The number of hydrogen-bond acceptors (Lipinski definition) is 4. The number of nitrogens with zero attached hydrogens (tertiary/aromatic N) is 4. The minimum atomic E-state index is 1.09. The standard InChI is InChI=1S/3C8H16.4C7H15N/c7*1-2-8-6-4-3-5-7-8/h3*8H,2-7H2,1H3;4*2-7H2,1H3. The largest absolute Gasteiger partial charge is 0.304 e. The molecule has 0 N–H and O–H groups in total. The van der Waals surface area contributed by atoms with Crippen molar-refractivity contribution >= 4 is 0 Å². The molecule has 4 nitrogen and oxygen atoms in total. The van der Waals surface area contributed by atoms with Crippen LogP contribution < -0.4 is 0 Å². The van der Waals surface area contributed by atoms with Gasteiger partial charge in [-0.05, 0) is 148 Å². The third kappa shape index (κ3) is 30.8. The van der Waals surface area contributed by atoms with E-state index in [2.05, 4.69) is 68.1 Å². The molecule has 3 saturated carbocycles. The Hall–Kier alpha value is -0.160. The molecule has 7 aliphatic rings. The van der Waals surface area contributed by atoms with Gasteiger partial charge in [0.15, 0.2) is 0 Å². The van der Waals surface area contributed by atoms with Crippen LogP contribution in [0.3, 0.4) is 0 Å². The number of piperidine rings is 4. The highest BCUT2D eigenvalue weighted by Crippen LogP contribution is 2.27. The SMILES string of the molecule is CCC1CCCCC1.CCC1CCCCC1.CCC1CCCCC1.CCN1CCCCC1.CCN1CCCCC1.CCN1CCCCC1.CCN1CCCCC1. The van der Waals surface area contributed by atoms with Crippen molar-refractivity contribution in [1.82, 2.24) is 19.6 Å². The van der Waals surface area contributed by atoms with Gasteiger partial charge in [0.1, 0.15) is 0 Å². The smallest absolute Gasteiger partial charge is 0.00188 e. The van der Waals surface area contributed by atoms with Crippen molar-refractivity contribution in [2.24, 2.45) is 17.8 Å². The van der Waals surface area contributed by atoms with E-state index in [-0.39, 0.29) is 0 Å². The molecule has 0 atom stereocenters. The zero-order chi connectivity index (χ0) is 40.7. The lowest BCUT2D eigenvalue weighted by molar-refractivity contribution is 0.240. The molecule has 0 amide bonds. The summed E-state index contributed by atoms with van der Waals surface area (Å²) in [6, 6.07) is 0. The van der Waals surface area contributed by atoms with Gasteiger partial charge in [0, 0.05) is 0 Å². The molecular formula is C52H108N4. The summed E-state index contributed by atoms with van der Waals surface area (Å²) in [4.78, 5) is 10.1. The van der Waals surface area contributed by atoms with Crippen LogP contribution in [-0.2, 0) is 0 Å². The van der Waals surface area contributed by atoms with Crippen molar-refractivity contribution in [3.05, 3.63) is 0 Å². The van der Waals surface area contributed by atoms with E-state index in [9.17, 15) is 0 Å². The fraction of sp³-hybridized carbons (Fsp3) is 1.00. The van der Waals surface area contributed by atoms with Gasteiger partial charge in [-0.2, -0.15) is 0 Å². The lowest BCUT2D eigenvalue weighted by atomic mass is 9.88. The van der Waals surface area contributed by atoms with Crippen molar-refractivity contribution in [3.8, 4) is 0 Å². The van der Waals surface area contributed by atoms with Crippen LogP contribution in [0.15, 0.2) is 0 Å². The molecule has 4 heteroatoms. The van der Waals surface area contributed by atoms with Crippen LogP contribution in [0.5, 0.6) is 0 Å². The van der Waals surface area contributed by atoms with E-state index in [0.29, 0.717) is 0 Å². The summed E-state index contributed by atoms with van der Waals surface area (Å²) in [6.45, 7) is 31.7. The molecule has 0 aromatic carbocycles. The van der Waals surface area contributed by atoms with Crippen LogP contribution >= 0.6 is 0 Å². The van der Waals surface area contributed by atoms with Crippen molar-refractivity contribution in [2.45, 2.75) is 241 Å². The molecule has 0 aromatic rings. The zero-order valence-electron chi connectivity index (χ0n) is 40.2. The summed E-state index contributed by atoms with van der Waals surface area (Å²) >= 11 is 0. The second-order valence-electron chi connectivity index (χ2n) is 18.7. The van der Waals surface area contributed by atoms with E-state index in [1.165, 1.54) is 271 Å². The van der Waals surface area contributed by atoms with Crippen molar-refractivity contribution in [2.75, 3.05) is 78.5 Å². The molecule has 4 aliphatic heterocycles. The van der Waals surface area contributed by atoms with Gasteiger partial charge < -0.3 is 19.6 Å². The van der Waals surface area contributed by atoms with E-state index < -0.39 is 0 Å². The van der Waals surface area contributed by atoms with Crippen LogP contribution in [0.4, 0.5) is 0 Å². The first-order valence-electron chi connectivity index (χ1n) is 26.4. The number of likely N-dealkylation sites (tertiary alicyclic amines) is 4. The Morgan fingerprint density at radius 3 is 0.500 bits per heavy atom. The molecule has 4 heterocycles. The number of rotatable bonds is 7. The highest BCUT2D eigenvalue weighted by atomic mass is 15.1. The van der Waals surface area contributed by atoms with Gasteiger partial charge in [-0.25, -0.2) is 0 Å². The Kier molecular flexibility index (Phi) is 38.7. The molecule has 0 radical (unpaired) electrons. The Labute approximate surface area is 355 Å². The lowest BCUT2D eigenvalue weighted by Crippen LogP contribution is -2.29. The maximum atomic E-state index is 2.52. The summed E-state index contributed by atoms with van der Waals surface area (Å²) in [5.74, 6) is 3.26. The maximum Gasteiger partial charge on any atom is -0.00188 e. The van der Waals surface area contributed by atoms with Crippen molar-refractivity contribution in [1.29, 1.82) is 0 Å². The summed E-state index contributed by atoms with van der Waals surface area (Å²) < 4.78 is 0. The lowest BCUT2D eigenvalue weighted by Gasteiger charge is -2.24. The summed E-state index contributed by atoms with van der Waals surface area (Å²) in [6.07, 6.45) is 44.0. The average Bonchev–Trinajstić information content (AvgIpc) is 3.32. The zero-order valence-corrected chi connectivity index (χ0v) is 40.2. The summed E-state index contributed by atoms with van der Waals surface area (Å²) in [5.41, 5.74) is 0. The predicted molar refractivity (Wildman–Crippen MR) is 254 cm³/mol. The molecule has 0 bridgehead atoms. The number of hydrogen-bond donors (Lipinski definition) is 0. The highest BCUT2D eigenvalue weighted by Gasteiger charge is 2.12. The van der Waals surface area contributed by atoms with Crippen LogP contribution in [0.25, 0.3) is 0 Å². The van der Waals surface area contributed by atoms with Crippen LogP contribution in [0, 0.1) is 17.8 Å². The van der Waals surface area contributed by atoms with Crippen LogP contribution in [0.2, 0.25) is 0 Å². The molecule has 7 fully saturated rings. The molecule has 336 valence electrons. The predicted octanol–water partition coefficient (Wildman–Crippen LogP) is 14.9. The third-order valence-electron chi connectivity index (χ3n) is 14.5. The van der Waals surface area contributed by atoms with Gasteiger partial charge in [0.05, 0.1) is 0 Å². The van der Waals surface area contributed by atoms with E-state index in [1.807, 2.05) is 0 Å². The molecule has 56 heavy (non-hydrogen) atoms. The minimum absolute atomic E-state index is 1.09. The van der Waals surface area contributed by atoms with Gasteiger partial charge >= 0.3 is 0 Å². The Morgan fingerprint density at radius 2 is 0.393 bits per heavy atom. The average molecular weight is 789 g/mol. The molecule has 3 aliphatic carbocycles. The maximum absolute atomic E-state index is 2.52. The Morgan fingerprint density at radius 1 is 0.232 bits per heavy atom. The topological polar surface area (TPSA) is 13.0 Å². The van der Waals surface area contributed by atoms with Crippen molar-refractivity contribution < 1.29 is 0 Å². The Balaban J connectivity index is 0.000000327. The molecule has 0 spiro atoms. The first-order chi connectivity index (χ1) is 27.5. The van der Waals surface area contributed by atoms with Gasteiger partial charge in [0.25, 0.3) is 0 Å². The van der Waals surface area contributed by atoms with Gasteiger partial charge in [-0.15, -0.1) is 0 Å². The van der Waals surface area contributed by atoms with E-state index in [0.717, 1.165) is 17.8 Å². The fourth-order valence-electron chi connectivity index (χ4n) is 9.89. The van der Waals surface area contributed by atoms with Gasteiger partial charge in [-0.3, -0.25) is 0 Å². The first-order valence-corrected chi connectivity index (χ1v) is 26.4. The minimum Gasteiger partial charge on any atom is -0.304 e. The summed E-state index contributed by atoms with van der Waals surface area (Å²) in [7, 11) is 0. The summed E-state index contributed by atoms with van der Waals surface area (Å²) in [5, 5.41) is 0. The van der Waals surface area contributed by atoms with E-state index in [1.54, 1.807) is 0 Å². The highest BCUT2D eigenvalue weighted by molar-refractivity contribution is 4.66. The Bertz CT molecular complexity index is 555. The monoisotopic (exact) mass is 789 g/mol. The fourth-order valence-corrected chi connectivity index (χ4v) is 9.89. The van der Waals surface area contributed by atoms with Crippen molar-refractivity contribution in [3.63, 3.8) is 0 Å². The molecular weight excluding hydrogens is 681 g/mol. The molecule has 0 aromatic heterocycles. The second kappa shape index (κ2) is 40.3. The molecule has 4 saturated heterocycles. The van der Waals surface area contributed by atoms with Crippen LogP contribution in [0.1, 0.15) is 241 Å². The van der Waals surface area contributed by atoms with E-state index >= 15 is 0 Å². The van der Waals surface area contributed by atoms with Gasteiger partial charge in [-0.1, -0.05) is 190 Å². The first kappa shape index (κ1) is 53.9. The quantitative estimate of drug-likeness (QED) is 0.255. The second-order valence-corrected chi connectivity index (χ2v) is 18.7. The third-order valence-corrected chi connectivity index (χ3v) is 14.5. The van der Waals surface area contributed by atoms with Crippen LogP contribution in [-0.4, -0.2) is 98.1 Å². The molecule has 7 rings (SSSR count). The van der Waals surface area contributed by atoms with E-state index in [4.69, 9.17) is 0 Å². The molecule has 0 unspecified atom stereocenters. The van der Waals surface area contributed by atoms with Gasteiger partial charge in [0.2, 0.25) is 0 Å².